The zero-order chi connectivity index (χ0) is 69.2. The van der Waals surface area contributed by atoms with E-state index >= 15 is 0 Å². The number of hydrogen-bond donors (Lipinski definition) is 13. The van der Waals surface area contributed by atoms with Gasteiger partial charge in [-0.05, 0) is 103 Å². The van der Waals surface area contributed by atoms with E-state index in [0.29, 0.717) is 50.1 Å². The summed E-state index contributed by atoms with van der Waals surface area (Å²) in [6, 6.07) is 22.0. The van der Waals surface area contributed by atoms with Gasteiger partial charge in [0.05, 0.1) is 32.7 Å². The lowest BCUT2D eigenvalue weighted by Gasteiger charge is -2.32. The van der Waals surface area contributed by atoms with Crippen LogP contribution in [-0.2, 0) is 60.8 Å². The van der Waals surface area contributed by atoms with Gasteiger partial charge in [-0.3, -0.25) is 77.3 Å². The monoisotopic (exact) mass is 1320 g/mol. The fraction of sp³-hybridized carbons (Fsp3) is 0.477. The number of guanidine groups is 1. The number of benzene rings is 4. The average Bonchev–Trinajstić information content (AvgIpc) is 1.94. The van der Waals surface area contributed by atoms with Gasteiger partial charge < -0.3 is 74.4 Å². The van der Waals surface area contributed by atoms with Gasteiger partial charge in [-0.25, -0.2) is 0 Å². The Labute approximate surface area is 551 Å². The first kappa shape index (κ1) is 75.9. The molecule has 95 heavy (non-hydrogen) atoms. The number of unbranched alkanes of at least 4 members (excludes halogenated alkanes) is 2. The van der Waals surface area contributed by atoms with E-state index in [1.165, 1.54) is 36.2 Å². The fourth-order valence-electron chi connectivity index (χ4n) is 10.6. The molecule has 3 atom stereocenters. The molecular weight excluding hydrogens is 1230 g/mol. The molecule has 5 rings (SSSR count). The number of hydrogen-bond acceptors (Lipinski definition) is 17. The SMILES string of the molecule is CN(C(=O)CCc1ccc(O)cc1)C(CCCNC(=O)c1ccc(NC(=O)CCCCCNC(=O)CN2CCN(CC(=O)O)CCN(CC(=O)O)CCN(CC(=O)O)CC2)cc1)C(=O)NC(CCCN=C(N)N)C(=O)NC(Cc1ccc2ccccc2c1)C(=O)NCC(N)=O. The second kappa shape index (κ2) is 40.4. The van der Waals surface area contributed by atoms with Crippen molar-refractivity contribution in [2.24, 2.45) is 22.2 Å². The minimum atomic E-state index is -1.29. The number of carboxylic acid groups (broad SMARTS) is 3. The molecule has 0 aromatic heterocycles. The number of aliphatic carboxylic acids is 3. The Morgan fingerprint density at radius 1 is 0.547 bits per heavy atom. The maximum Gasteiger partial charge on any atom is 0.317 e. The predicted molar refractivity (Wildman–Crippen MR) is 353 cm³/mol. The summed E-state index contributed by atoms with van der Waals surface area (Å²) in [4.78, 5) is 154. The summed E-state index contributed by atoms with van der Waals surface area (Å²) >= 11 is 0. The van der Waals surface area contributed by atoms with Gasteiger partial charge in [-0.1, -0.05) is 61.0 Å². The molecule has 1 aliphatic heterocycles. The van der Waals surface area contributed by atoms with E-state index < -0.39 is 78.0 Å². The molecule has 0 spiro atoms. The molecule has 0 saturated carbocycles. The number of nitrogens with zero attached hydrogens (tertiary/aromatic N) is 6. The number of nitrogens with one attached hydrogen (secondary N) is 6. The molecule has 1 fully saturated rings. The Hall–Kier alpha value is -9.78. The number of carboxylic acids is 3. The summed E-state index contributed by atoms with van der Waals surface area (Å²) in [6.45, 7) is 1.27. The summed E-state index contributed by atoms with van der Waals surface area (Å²) in [5.41, 5.74) is 18.6. The Balaban J connectivity index is 1.14. The van der Waals surface area contributed by atoms with Gasteiger partial charge in [0, 0.05) is 110 Å². The van der Waals surface area contributed by atoms with Gasteiger partial charge in [-0.15, -0.1) is 0 Å². The number of carbonyl (C=O) groups excluding carboxylic acids is 8. The van der Waals surface area contributed by atoms with Crippen molar-refractivity contribution < 1.29 is 73.2 Å². The van der Waals surface area contributed by atoms with Crippen LogP contribution in [0.2, 0.25) is 0 Å². The van der Waals surface area contributed by atoms with Crippen LogP contribution in [0.25, 0.3) is 10.8 Å². The molecule has 8 amide bonds. The minimum Gasteiger partial charge on any atom is -0.508 e. The number of amides is 8. The number of fused-ring (bicyclic) bond motifs is 1. The maximum absolute atomic E-state index is 14.5. The predicted octanol–water partition coefficient (Wildman–Crippen LogP) is -0.527. The van der Waals surface area contributed by atoms with Gasteiger partial charge >= 0.3 is 17.9 Å². The molecule has 30 heteroatoms. The Morgan fingerprint density at radius 2 is 1.11 bits per heavy atom. The number of aryl methyl sites for hydroxylation is 1. The second-order valence-electron chi connectivity index (χ2n) is 23.3. The topological polar surface area (TPSA) is 447 Å². The van der Waals surface area contributed by atoms with E-state index in [1.807, 2.05) is 41.3 Å². The van der Waals surface area contributed by atoms with Crippen molar-refractivity contribution in [2.75, 3.05) is 117 Å². The maximum atomic E-state index is 14.5. The number of likely N-dealkylation sites (N-methyl/N-ethyl adjacent to an activating group) is 1. The van der Waals surface area contributed by atoms with Crippen molar-refractivity contribution in [2.45, 2.75) is 88.8 Å². The highest BCUT2D eigenvalue weighted by Gasteiger charge is 2.33. The number of nitrogens with two attached hydrogens (primary N) is 3. The van der Waals surface area contributed by atoms with Crippen LogP contribution in [0.15, 0.2) is 96.0 Å². The minimum absolute atomic E-state index is 0.00563. The zero-order valence-electron chi connectivity index (χ0n) is 53.7. The van der Waals surface area contributed by atoms with Crippen LogP contribution < -0.4 is 49.1 Å². The molecule has 0 radical (unpaired) electrons. The summed E-state index contributed by atoms with van der Waals surface area (Å²) in [6.07, 6.45) is 2.50. The molecule has 0 aliphatic carbocycles. The molecular formula is C65H91N15O15. The molecule has 4 aromatic carbocycles. The van der Waals surface area contributed by atoms with Crippen molar-refractivity contribution in [3.63, 3.8) is 0 Å². The first-order valence-corrected chi connectivity index (χ1v) is 31.6. The molecule has 516 valence electrons. The number of primary amides is 1. The Morgan fingerprint density at radius 3 is 1.68 bits per heavy atom. The van der Waals surface area contributed by atoms with Gasteiger partial charge in [0.25, 0.3) is 5.91 Å². The third-order valence-electron chi connectivity index (χ3n) is 15.8. The molecule has 1 aliphatic rings. The number of carbonyl (C=O) groups is 11. The van der Waals surface area contributed by atoms with Crippen LogP contribution in [0, 0.1) is 0 Å². The number of anilines is 1. The summed E-state index contributed by atoms with van der Waals surface area (Å²) in [5, 5.41) is 56.6. The molecule has 16 N–H and O–H groups in total. The molecule has 3 unspecified atom stereocenters. The van der Waals surface area contributed by atoms with Gasteiger partial charge in [-0.2, -0.15) is 0 Å². The van der Waals surface area contributed by atoms with Crippen molar-refractivity contribution in [3.05, 3.63) is 108 Å². The highest BCUT2D eigenvalue weighted by atomic mass is 16.4. The highest BCUT2D eigenvalue weighted by Crippen LogP contribution is 2.19. The van der Waals surface area contributed by atoms with Crippen LogP contribution in [0.3, 0.4) is 0 Å². The van der Waals surface area contributed by atoms with Crippen LogP contribution in [0.5, 0.6) is 5.75 Å². The molecule has 4 aromatic rings. The normalized spacial score (nSPS) is 14.5. The van der Waals surface area contributed by atoms with E-state index in [2.05, 4.69) is 36.9 Å². The molecule has 0 bridgehead atoms. The first-order chi connectivity index (χ1) is 45.4. The zero-order valence-corrected chi connectivity index (χ0v) is 53.7. The van der Waals surface area contributed by atoms with Crippen LogP contribution in [0.1, 0.15) is 79.3 Å². The number of aromatic hydroxyl groups is 1. The lowest BCUT2D eigenvalue weighted by molar-refractivity contribution is -0.140. The van der Waals surface area contributed by atoms with E-state index in [4.69, 9.17) is 17.2 Å². The van der Waals surface area contributed by atoms with Crippen LogP contribution in [-0.4, -0.2) is 246 Å². The summed E-state index contributed by atoms with van der Waals surface area (Å²) < 4.78 is 0. The van der Waals surface area contributed by atoms with Crippen molar-refractivity contribution in [3.8, 4) is 5.75 Å². The van der Waals surface area contributed by atoms with Gasteiger partial charge in [0.1, 0.15) is 23.9 Å². The lowest BCUT2D eigenvalue weighted by atomic mass is 10.00. The third kappa shape index (κ3) is 29.4. The summed E-state index contributed by atoms with van der Waals surface area (Å²) in [7, 11) is 1.46. The van der Waals surface area contributed by atoms with E-state index in [-0.39, 0.29) is 159 Å². The number of phenolic OH excluding ortho intramolecular Hbond substituents is 1. The van der Waals surface area contributed by atoms with E-state index in [0.717, 1.165) is 16.3 Å². The molecule has 30 nitrogen and oxygen atoms in total. The Kier molecular flexibility index (Phi) is 32.3. The van der Waals surface area contributed by atoms with Crippen molar-refractivity contribution >= 4 is 87.6 Å². The van der Waals surface area contributed by atoms with Crippen LogP contribution >= 0.6 is 0 Å². The van der Waals surface area contributed by atoms with Crippen molar-refractivity contribution in [1.82, 2.24) is 51.1 Å². The largest absolute Gasteiger partial charge is 0.508 e. The number of aliphatic imine (C=N–C) groups is 1. The smallest absolute Gasteiger partial charge is 0.317 e. The van der Waals surface area contributed by atoms with Crippen molar-refractivity contribution in [1.29, 1.82) is 0 Å². The fourth-order valence-corrected chi connectivity index (χ4v) is 10.6. The average molecular weight is 1320 g/mol. The van der Waals surface area contributed by atoms with E-state index in [1.54, 1.807) is 45.0 Å². The van der Waals surface area contributed by atoms with E-state index in [9.17, 15) is 73.2 Å². The van der Waals surface area contributed by atoms with Gasteiger partial charge in [0.2, 0.25) is 41.4 Å². The second-order valence-corrected chi connectivity index (χ2v) is 23.3. The standard InChI is InChI=1S/C65H91N15O15/c1-76(57(85)25-17-44-15-23-50(81)24-16-44)53(64(95)74-51(11-7-28-71-65(67)68)63(94)75-52(62(93)72-39-54(66)82)38-45-14-18-46-9-4-5-10-48(46)37-45)12-8-27-70-61(92)47-19-21-49(22-20-47)73-55(83)13-3-2-6-26-69-56(84)40-77-29-31-78(41-58(86)87)33-35-80(43-60(90)91)36-34-79(32-30-77)42-59(88)89/h4-5,9-10,14-16,18-24,37,51-53,81H,2-3,6-8,11-13,17,25-36,38-43H2,1H3,(H2,66,82)(H,69,84)(H,70,92)(H,72,93)(H,73,83)(H,74,95)(H,75,94)(H,86,87)(H,88,89)(H,90,91)(H4,67,68,71). The summed E-state index contributed by atoms with van der Waals surface area (Å²) in [5.74, 6) is -7.69. The van der Waals surface area contributed by atoms with Crippen LogP contribution in [0.4, 0.5) is 5.69 Å². The quantitative estimate of drug-likeness (QED) is 0.0153. The lowest BCUT2D eigenvalue weighted by Crippen LogP contribution is -2.57. The van der Waals surface area contributed by atoms with Gasteiger partial charge in [0.15, 0.2) is 5.96 Å². The third-order valence-corrected chi connectivity index (χ3v) is 15.8. The molecule has 1 heterocycles. The number of phenols is 1. The Bertz CT molecular complexity index is 3230. The highest BCUT2D eigenvalue weighted by molar-refractivity contribution is 5.97. The number of rotatable bonds is 37. The first-order valence-electron chi connectivity index (χ1n) is 31.6. The molecule has 1 saturated heterocycles.